The first kappa shape index (κ1) is 20.1. The van der Waals surface area contributed by atoms with Crippen molar-refractivity contribution in [3.05, 3.63) is 35.9 Å². The summed E-state index contributed by atoms with van der Waals surface area (Å²) >= 11 is 0. The maximum Gasteiger partial charge on any atom is 0.321 e. The molecule has 1 N–H and O–H groups in total. The molecule has 4 nitrogen and oxygen atoms in total. The highest BCUT2D eigenvalue weighted by Gasteiger charge is 2.43. The number of hydrogen-bond donors (Lipinski definition) is 1. The lowest BCUT2D eigenvalue weighted by molar-refractivity contribution is -0.142. The van der Waals surface area contributed by atoms with Crippen LogP contribution < -0.4 is 0 Å². The topological polar surface area (TPSA) is 49.8 Å². The van der Waals surface area contributed by atoms with E-state index >= 15 is 0 Å². The number of carboxylic acids is 1. The fourth-order valence-electron chi connectivity index (χ4n) is 3.18. The molecule has 1 heterocycles. The van der Waals surface area contributed by atoms with Crippen LogP contribution in [0.15, 0.2) is 30.3 Å². The molecular weight excluding hydrogens is 330 g/mol. The number of carboxylic acid groups (broad SMARTS) is 1. The second-order valence-corrected chi connectivity index (χ2v) is 13.4. The van der Waals surface area contributed by atoms with Gasteiger partial charge in [-0.25, -0.2) is 0 Å². The molecule has 1 aromatic rings. The van der Waals surface area contributed by atoms with Gasteiger partial charge in [0.15, 0.2) is 8.32 Å². The lowest BCUT2D eigenvalue weighted by atomic mass is 10.1. The minimum Gasteiger partial charge on any atom is -0.480 e. The van der Waals surface area contributed by atoms with E-state index in [4.69, 9.17) is 4.43 Å². The smallest absolute Gasteiger partial charge is 0.321 e. The van der Waals surface area contributed by atoms with Crippen molar-refractivity contribution >= 4 is 14.3 Å². The molecule has 1 saturated heterocycles. The lowest BCUT2D eigenvalue weighted by Gasteiger charge is -2.38. The van der Waals surface area contributed by atoms with E-state index in [2.05, 4.69) is 50.9 Å². The molecule has 0 spiro atoms. The highest BCUT2D eigenvalue weighted by molar-refractivity contribution is 6.74. The molecule has 25 heavy (non-hydrogen) atoms. The highest BCUT2D eigenvalue weighted by atomic mass is 28.4. The van der Waals surface area contributed by atoms with Gasteiger partial charge in [-0.05, 0) is 49.5 Å². The minimum absolute atomic E-state index is 0.0405. The van der Waals surface area contributed by atoms with Gasteiger partial charge < -0.3 is 9.53 Å². The van der Waals surface area contributed by atoms with Crippen molar-refractivity contribution in [2.24, 2.45) is 0 Å². The second-order valence-electron chi connectivity index (χ2n) is 8.67. The Morgan fingerprint density at radius 2 is 1.92 bits per heavy atom. The quantitative estimate of drug-likeness (QED) is 0.739. The summed E-state index contributed by atoms with van der Waals surface area (Å²) in [5, 5.41) is 9.74. The average Bonchev–Trinajstić information content (AvgIpc) is 2.89. The molecule has 0 aromatic heterocycles. The third-order valence-corrected chi connectivity index (χ3v) is 10.2. The lowest BCUT2D eigenvalue weighted by Crippen LogP contribution is -2.44. The molecule has 0 saturated carbocycles. The number of carbonyl (C=O) groups is 1. The Labute approximate surface area is 153 Å². The van der Waals surface area contributed by atoms with Crippen LogP contribution in [0.4, 0.5) is 0 Å². The maximum absolute atomic E-state index is 11.7. The van der Waals surface area contributed by atoms with E-state index in [0.29, 0.717) is 6.42 Å². The molecule has 0 bridgehead atoms. The first-order chi connectivity index (χ1) is 11.6. The SMILES string of the molecule is CC(C)(C)[Si](C)(C)O[C@@H]1C[C@@H](C(=O)O)N(CCCc2ccccc2)C1. The van der Waals surface area contributed by atoms with Crippen LogP contribution in [0.5, 0.6) is 0 Å². The van der Waals surface area contributed by atoms with Gasteiger partial charge in [0.05, 0.1) is 6.10 Å². The summed E-state index contributed by atoms with van der Waals surface area (Å²) < 4.78 is 6.47. The van der Waals surface area contributed by atoms with Gasteiger partial charge in [0.2, 0.25) is 0 Å². The van der Waals surface area contributed by atoms with Gasteiger partial charge >= 0.3 is 5.97 Å². The summed E-state index contributed by atoms with van der Waals surface area (Å²) in [5.41, 5.74) is 1.31. The van der Waals surface area contributed by atoms with E-state index < -0.39 is 20.3 Å². The van der Waals surface area contributed by atoms with E-state index in [-0.39, 0.29) is 11.1 Å². The Morgan fingerprint density at radius 3 is 2.48 bits per heavy atom. The zero-order valence-corrected chi connectivity index (χ0v) is 17.3. The fourth-order valence-corrected chi connectivity index (χ4v) is 4.53. The molecule has 1 aromatic carbocycles. The Bertz CT molecular complexity index is 568. The molecule has 140 valence electrons. The highest BCUT2D eigenvalue weighted by Crippen LogP contribution is 2.38. The van der Waals surface area contributed by atoms with Crippen LogP contribution in [-0.4, -0.2) is 49.5 Å². The Balaban J connectivity index is 1.92. The van der Waals surface area contributed by atoms with Gasteiger partial charge in [0.25, 0.3) is 0 Å². The first-order valence-electron chi connectivity index (χ1n) is 9.29. The number of rotatable bonds is 7. The number of likely N-dealkylation sites (tertiary alicyclic amines) is 1. The van der Waals surface area contributed by atoms with E-state index in [1.54, 1.807) is 0 Å². The number of nitrogens with zero attached hydrogens (tertiary/aromatic N) is 1. The van der Waals surface area contributed by atoms with Gasteiger partial charge in [0, 0.05) is 6.54 Å². The summed E-state index contributed by atoms with van der Waals surface area (Å²) in [7, 11) is -1.87. The summed E-state index contributed by atoms with van der Waals surface area (Å²) in [6, 6.07) is 9.96. The fraction of sp³-hybridized carbons (Fsp3) is 0.650. The molecule has 0 aliphatic carbocycles. The number of aliphatic carboxylic acids is 1. The van der Waals surface area contributed by atoms with Crippen LogP contribution in [0, 0.1) is 0 Å². The molecule has 2 rings (SSSR count). The molecule has 0 radical (unpaired) electrons. The Kier molecular flexibility index (Phi) is 6.46. The third kappa shape index (κ3) is 5.40. The maximum atomic E-state index is 11.7. The normalized spacial score (nSPS) is 22.3. The van der Waals surface area contributed by atoms with E-state index in [9.17, 15) is 9.90 Å². The monoisotopic (exact) mass is 363 g/mol. The Hall–Kier alpha value is -1.17. The molecule has 2 atom stereocenters. The molecular formula is C20H33NO3Si. The standard InChI is InChI=1S/C20H33NO3Si/c1-20(2,3)25(4,5)24-17-14-18(19(22)23)21(15-17)13-9-12-16-10-7-6-8-11-16/h6-8,10-11,17-18H,9,12-15H2,1-5H3,(H,22,23)/t17-,18+/m1/s1. The molecule has 1 aliphatic rings. The van der Waals surface area contributed by atoms with Crippen molar-refractivity contribution in [2.45, 2.75) is 70.3 Å². The van der Waals surface area contributed by atoms with Crippen LogP contribution in [0.1, 0.15) is 39.2 Å². The first-order valence-corrected chi connectivity index (χ1v) is 12.2. The van der Waals surface area contributed by atoms with Gasteiger partial charge in [-0.15, -0.1) is 0 Å². The van der Waals surface area contributed by atoms with Crippen LogP contribution in [-0.2, 0) is 15.6 Å². The minimum atomic E-state index is -1.87. The van der Waals surface area contributed by atoms with Crippen molar-refractivity contribution in [1.29, 1.82) is 0 Å². The predicted octanol–water partition coefficient (Wildman–Crippen LogP) is 4.17. The number of benzene rings is 1. The average molecular weight is 364 g/mol. The van der Waals surface area contributed by atoms with Crippen molar-refractivity contribution in [3.8, 4) is 0 Å². The zero-order valence-electron chi connectivity index (χ0n) is 16.3. The largest absolute Gasteiger partial charge is 0.480 e. The van der Waals surface area contributed by atoms with Gasteiger partial charge in [-0.2, -0.15) is 0 Å². The second kappa shape index (κ2) is 8.02. The van der Waals surface area contributed by atoms with Gasteiger partial charge in [-0.1, -0.05) is 51.1 Å². The van der Waals surface area contributed by atoms with Crippen LogP contribution in [0.3, 0.4) is 0 Å². The zero-order chi connectivity index (χ0) is 18.7. The number of aryl methyl sites for hydroxylation is 1. The van der Waals surface area contributed by atoms with E-state index in [0.717, 1.165) is 25.9 Å². The van der Waals surface area contributed by atoms with E-state index in [1.165, 1.54) is 5.56 Å². The summed E-state index contributed by atoms with van der Waals surface area (Å²) in [4.78, 5) is 13.8. The van der Waals surface area contributed by atoms with Gasteiger partial charge in [0.1, 0.15) is 6.04 Å². The third-order valence-electron chi connectivity index (χ3n) is 5.67. The molecule has 1 aliphatic heterocycles. The number of hydrogen-bond acceptors (Lipinski definition) is 3. The van der Waals surface area contributed by atoms with E-state index in [1.807, 2.05) is 18.2 Å². The molecule has 5 heteroatoms. The van der Waals surface area contributed by atoms with Crippen molar-refractivity contribution in [2.75, 3.05) is 13.1 Å². The van der Waals surface area contributed by atoms with Crippen LogP contribution >= 0.6 is 0 Å². The van der Waals surface area contributed by atoms with Crippen molar-refractivity contribution in [1.82, 2.24) is 4.90 Å². The van der Waals surface area contributed by atoms with Crippen molar-refractivity contribution < 1.29 is 14.3 Å². The van der Waals surface area contributed by atoms with Crippen molar-refractivity contribution in [3.63, 3.8) is 0 Å². The molecule has 0 unspecified atom stereocenters. The summed E-state index contributed by atoms with van der Waals surface area (Å²) in [6.07, 6.45) is 2.60. The Morgan fingerprint density at radius 1 is 1.28 bits per heavy atom. The molecule has 1 fully saturated rings. The summed E-state index contributed by atoms with van der Waals surface area (Å²) in [5.74, 6) is -0.721. The molecule has 0 amide bonds. The predicted molar refractivity (Wildman–Crippen MR) is 104 cm³/mol. The summed E-state index contributed by atoms with van der Waals surface area (Å²) in [6.45, 7) is 12.7. The van der Waals surface area contributed by atoms with Crippen LogP contribution in [0.2, 0.25) is 18.1 Å². The van der Waals surface area contributed by atoms with Crippen LogP contribution in [0.25, 0.3) is 0 Å². The van der Waals surface area contributed by atoms with Gasteiger partial charge in [-0.3, -0.25) is 9.69 Å².